The van der Waals surface area contributed by atoms with Gasteiger partial charge in [-0.2, -0.15) is 0 Å². The highest BCUT2D eigenvalue weighted by Gasteiger charge is 2.53. The molecule has 3 heteroatoms. The number of rotatable bonds is 3. The van der Waals surface area contributed by atoms with Crippen molar-refractivity contribution in [3.05, 3.63) is 34.9 Å². The van der Waals surface area contributed by atoms with E-state index < -0.39 is 0 Å². The van der Waals surface area contributed by atoms with Gasteiger partial charge in [-0.05, 0) is 80.8 Å². The summed E-state index contributed by atoms with van der Waals surface area (Å²) in [4.78, 5) is 12.6. The van der Waals surface area contributed by atoms with Crippen LogP contribution < -0.4 is 5.32 Å². The molecule has 0 spiro atoms. The summed E-state index contributed by atoms with van der Waals surface area (Å²) in [5.74, 6) is 2.71. The molecule has 2 nitrogen and oxygen atoms in total. The lowest BCUT2D eigenvalue weighted by Crippen LogP contribution is -2.55. The van der Waals surface area contributed by atoms with Gasteiger partial charge in [0.1, 0.15) is 0 Å². The van der Waals surface area contributed by atoms with Crippen LogP contribution in [0.15, 0.2) is 24.3 Å². The molecule has 4 saturated carbocycles. The fraction of sp³-hybridized carbons (Fsp3) is 0.632. The molecule has 4 aliphatic carbocycles. The average Bonchev–Trinajstić information content (AvgIpc) is 2.46. The summed E-state index contributed by atoms with van der Waals surface area (Å²) in [5.41, 5.74) is 0.937. The predicted octanol–water partition coefficient (Wildman–Crippen LogP) is 4.67. The molecule has 0 radical (unpaired) electrons. The molecule has 0 aliphatic heterocycles. The van der Waals surface area contributed by atoms with Gasteiger partial charge in [0.2, 0.25) is 0 Å². The third-order valence-electron chi connectivity index (χ3n) is 6.47. The number of carbonyl (C=O) groups is 1. The minimum atomic E-state index is -0.0196. The second-order valence-electron chi connectivity index (χ2n) is 7.95. The number of hydrogen-bond donors (Lipinski definition) is 1. The molecule has 4 bridgehead atoms. The molecule has 1 N–H and O–H groups in total. The summed E-state index contributed by atoms with van der Waals surface area (Å²) in [6.07, 6.45) is 8.23. The van der Waals surface area contributed by atoms with E-state index in [1.807, 2.05) is 18.2 Å². The van der Waals surface area contributed by atoms with Crippen LogP contribution in [0.4, 0.5) is 0 Å². The molecule has 4 fully saturated rings. The molecular weight excluding hydrogens is 294 g/mol. The van der Waals surface area contributed by atoms with E-state index >= 15 is 0 Å². The first-order valence-electron chi connectivity index (χ1n) is 8.61. The molecule has 4 aliphatic rings. The number of amides is 1. The van der Waals surface area contributed by atoms with Gasteiger partial charge in [0, 0.05) is 6.04 Å². The van der Waals surface area contributed by atoms with Gasteiger partial charge < -0.3 is 5.32 Å². The Hall–Kier alpha value is -1.02. The van der Waals surface area contributed by atoms with E-state index in [9.17, 15) is 4.79 Å². The minimum absolute atomic E-state index is 0.0196. The van der Waals surface area contributed by atoms with Crippen LogP contribution in [0.3, 0.4) is 0 Å². The predicted molar refractivity (Wildman–Crippen MR) is 89.0 cm³/mol. The molecule has 0 unspecified atom stereocenters. The van der Waals surface area contributed by atoms with E-state index in [-0.39, 0.29) is 11.9 Å². The molecule has 1 aromatic rings. The maximum Gasteiger partial charge on any atom is 0.253 e. The van der Waals surface area contributed by atoms with Gasteiger partial charge in [0.05, 0.1) is 10.6 Å². The second kappa shape index (κ2) is 5.26. The Morgan fingerprint density at radius 2 is 1.68 bits per heavy atom. The fourth-order valence-electron chi connectivity index (χ4n) is 5.78. The van der Waals surface area contributed by atoms with Crippen molar-refractivity contribution < 1.29 is 4.79 Å². The Morgan fingerprint density at radius 1 is 1.14 bits per heavy atom. The van der Waals surface area contributed by atoms with Gasteiger partial charge >= 0.3 is 0 Å². The average molecular weight is 318 g/mol. The molecule has 1 aromatic carbocycles. The molecule has 5 rings (SSSR count). The maximum absolute atomic E-state index is 12.6. The first-order valence-corrected chi connectivity index (χ1v) is 8.99. The van der Waals surface area contributed by atoms with Crippen molar-refractivity contribution >= 4 is 17.5 Å². The Balaban J connectivity index is 1.52. The van der Waals surface area contributed by atoms with Gasteiger partial charge in [-0.25, -0.2) is 0 Å². The van der Waals surface area contributed by atoms with Gasteiger partial charge in [-0.15, -0.1) is 0 Å². The largest absolute Gasteiger partial charge is 0.349 e. The van der Waals surface area contributed by atoms with E-state index in [4.69, 9.17) is 11.6 Å². The highest BCUT2D eigenvalue weighted by Crippen LogP contribution is 2.61. The van der Waals surface area contributed by atoms with Crippen molar-refractivity contribution in [2.75, 3.05) is 0 Å². The molecule has 0 saturated heterocycles. The van der Waals surface area contributed by atoms with E-state index in [0.29, 0.717) is 16.0 Å². The second-order valence-corrected chi connectivity index (χ2v) is 8.36. The number of hydrogen-bond acceptors (Lipinski definition) is 1. The summed E-state index contributed by atoms with van der Waals surface area (Å²) in [5, 5.41) is 3.81. The Bertz CT molecular complexity index is 562. The van der Waals surface area contributed by atoms with Crippen LogP contribution in [0.25, 0.3) is 0 Å². The van der Waals surface area contributed by atoms with Crippen LogP contribution in [-0.2, 0) is 0 Å². The third kappa shape index (κ3) is 2.36. The van der Waals surface area contributed by atoms with Crippen molar-refractivity contribution in [2.45, 2.75) is 51.5 Å². The summed E-state index contributed by atoms with van der Waals surface area (Å²) in [6, 6.07) is 7.57. The number of carbonyl (C=O) groups excluding carboxylic acids is 1. The highest BCUT2D eigenvalue weighted by molar-refractivity contribution is 6.33. The van der Waals surface area contributed by atoms with E-state index in [2.05, 4.69) is 12.2 Å². The standard InChI is InChI=1S/C19H24ClNO/c1-12(21-18(22)16-4-2-3-5-17(16)20)19-9-13-6-14(10-19)8-15(7-13)11-19/h2-5,12-15H,6-11H2,1H3,(H,21,22)/t12-,13?,14?,15?,19?/m0/s1. The molecule has 118 valence electrons. The van der Waals surface area contributed by atoms with Crippen molar-refractivity contribution in [2.24, 2.45) is 23.2 Å². The van der Waals surface area contributed by atoms with Crippen molar-refractivity contribution in [3.8, 4) is 0 Å². The molecule has 0 aromatic heterocycles. The van der Waals surface area contributed by atoms with E-state index in [0.717, 1.165) is 17.8 Å². The lowest BCUT2D eigenvalue weighted by Gasteiger charge is -2.59. The van der Waals surface area contributed by atoms with E-state index in [1.54, 1.807) is 6.07 Å². The van der Waals surface area contributed by atoms with Crippen LogP contribution in [0.2, 0.25) is 5.02 Å². The summed E-state index contributed by atoms with van der Waals surface area (Å²) < 4.78 is 0. The van der Waals surface area contributed by atoms with Crippen molar-refractivity contribution in [3.63, 3.8) is 0 Å². The van der Waals surface area contributed by atoms with Gasteiger partial charge in [0.15, 0.2) is 0 Å². The molecule has 22 heavy (non-hydrogen) atoms. The van der Waals surface area contributed by atoms with Crippen molar-refractivity contribution in [1.82, 2.24) is 5.32 Å². The van der Waals surface area contributed by atoms with Crippen LogP contribution in [0, 0.1) is 23.2 Å². The smallest absolute Gasteiger partial charge is 0.253 e. The molecule has 1 amide bonds. The summed E-state index contributed by atoms with van der Waals surface area (Å²) >= 11 is 6.16. The van der Waals surface area contributed by atoms with Crippen LogP contribution in [0.1, 0.15) is 55.8 Å². The molecular formula is C19H24ClNO. The minimum Gasteiger partial charge on any atom is -0.349 e. The number of benzene rings is 1. The highest BCUT2D eigenvalue weighted by atomic mass is 35.5. The summed E-state index contributed by atoms with van der Waals surface area (Å²) in [6.45, 7) is 2.21. The van der Waals surface area contributed by atoms with Crippen LogP contribution in [-0.4, -0.2) is 11.9 Å². The number of nitrogens with one attached hydrogen (secondary N) is 1. The topological polar surface area (TPSA) is 29.1 Å². The zero-order valence-corrected chi connectivity index (χ0v) is 13.9. The Morgan fingerprint density at radius 3 is 2.23 bits per heavy atom. The van der Waals surface area contributed by atoms with Crippen LogP contribution >= 0.6 is 11.6 Å². The van der Waals surface area contributed by atoms with E-state index in [1.165, 1.54) is 38.5 Å². The maximum atomic E-state index is 12.6. The zero-order chi connectivity index (χ0) is 15.3. The van der Waals surface area contributed by atoms with Gasteiger partial charge in [0.25, 0.3) is 5.91 Å². The first kappa shape index (κ1) is 14.6. The molecule has 1 atom stereocenters. The molecule has 0 heterocycles. The Kier molecular flexibility index (Phi) is 3.48. The number of halogens is 1. The lowest BCUT2D eigenvalue weighted by atomic mass is 9.48. The van der Waals surface area contributed by atoms with Gasteiger partial charge in [-0.3, -0.25) is 4.79 Å². The quantitative estimate of drug-likeness (QED) is 0.862. The monoisotopic (exact) mass is 317 g/mol. The van der Waals surface area contributed by atoms with Crippen LogP contribution in [0.5, 0.6) is 0 Å². The SMILES string of the molecule is C[C@H](NC(=O)c1ccccc1Cl)C12CC3CC(CC(C3)C1)C2. The zero-order valence-electron chi connectivity index (χ0n) is 13.1. The fourth-order valence-corrected chi connectivity index (χ4v) is 6.00. The van der Waals surface area contributed by atoms with Crippen molar-refractivity contribution in [1.29, 1.82) is 0 Å². The first-order chi connectivity index (χ1) is 10.6. The third-order valence-corrected chi connectivity index (χ3v) is 6.80. The Labute approximate surface area is 137 Å². The normalized spacial score (nSPS) is 37.1. The lowest BCUT2D eigenvalue weighted by molar-refractivity contribution is -0.0688. The summed E-state index contributed by atoms with van der Waals surface area (Å²) in [7, 11) is 0. The van der Waals surface area contributed by atoms with Gasteiger partial charge in [-0.1, -0.05) is 23.7 Å².